The van der Waals surface area contributed by atoms with Crippen molar-refractivity contribution < 1.29 is 17.7 Å². The van der Waals surface area contributed by atoms with Crippen molar-refractivity contribution in [3.8, 4) is 17.0 Å². The third kappa shape index (κ3) is 5.26. The number of benzene rings is 2. The molecule has 10 heteroatoms. The van der Waals surface area contributed by atoms with E-state index in [0.717, 1.165) is 6.20 Å². The minimum atomic E-state index is -2.77. The number of anilines is 3. The highest BCUT2D eigenvalue weighted by Gasteiger charge is 2.14. The fourth-order valence-electron chi connectivity index (χ4n) is 3.27. The number of rotatable bonds is 2. The van der Waals surface area contributed by atoms with Gasteiger partial charge in [-0.15, -0.1) is 0 Å². The second-order valence-electron chi connectivity index (χ2n) is 7.35. The number of ether oxygens (including phenoxy) is 1. The summed E-state index contributed by atoms with van der Waals surface area (Å²) in [6.07, 6.45) is 3.00. The first-order valence-electron chi connectivity index (χ1n) is 9.58. The zero-order valence-electron chi connectivity index (χ0n) is 16.7. The maximum absolute atomic E-state index is 14.5. The van der Waals surface area contributed by atoms with E-state index >= 15 is 0 Å². The number of aromatic nitrogens is 2. The molecule has 1 aromatic heterocycles. The molecule has 31 heavy (non-hydrogen) atoms. The summed E-state index contributed by atoms with van der Waals surface area (Å²) in [4.78, 5) is 8.25. The molecular weight excluding hydrogens is 424 g/mol. The molecule has 4 rings (SSSR count). The number of fused-ring (bicyclic) bond motifs is 7. The summed E-state index contributed by atoms with van der Waals surface area (Å²) in [5.41, 5.74) is 1.90. The van der Waals surface area contributed by atoms with Gasteiger partial charge < -0.3 is 15.4 Å². The van der Waals surface area contributed by atoms with E-state index in [2.05, 4.69) is 20.6 Å². The van der Waals surface area contributed by atoms with E-state index in [1.807, 2.05) is 0 Å². The molecule has 1 aliphatic heterocycles. The Morgan fingerprint density at radius 3 is 2.84 bits per heavy atom. The Hall–Kier alpha value is -3.27. The van der Waals surface area contributed by atoms with E-state index in [1.165, 1.54) is 24.5 Å². The van der Waals surface area contributed by atoms with Crippen LogP contribution in [0.5, 0.6) is 5.75 Å². The maximum Gasteiger partial charge on any atom is 0.227 e. The van der Waals surface area contributed by atoms with Crippen molar-refractivity contribution in [1.82, 2.24) is 9.97 Å². The Bertz CT molecular complexity index is 1230. The molecule has 0 amide bonds. The van der Waals surface area contributed by atoms with E-state index < -0.39 is 21.4 Å². The Balaban J connectivity index is 1.78. The highest BCUT2D eigenvalue weighted by Crippen LogP contribution is 2.29. The lowest BCUT2D eigenvalue weighted by molar-refractivity contribution is 0.315. The van der Waals surface area contributed by atoms with Crippen LogP contribution in [-0.4, -0.2) is 33.6 Å². The number of nitrogens with zero attached hydrogens (tertiary/aromatic N) is 2. The van der Waals surface area contributed by atoms with Gasteiger partial charge >= 0.3 is 0 Å². The van der Waals surface area contributed by atoms with Crippen LogP contribution in [0.15, 0.2) is 42.6 Å². The van der Waals surface area contributed by atoms with Crippen LogP contribution in [-0.2, 0) is 15.5 Å². The van der Waals surface area contributed by atoms with Gasteiger partial charge in [-0.2, -0.15) is 0 Å². The summed E-state index contributed by atoms with van der Waals surface area (Å²) in [5, 5.41) is 6.01. The normalized spacial score (nSPS) is 15.3. The zero-order chi connectivity index (χ0) is 22.0. The van der Waals surface area contributed by atoms with Crippen LogP contribution in [0.4, 0.5) is 26.1 Å². The second-order valence-corrected chi connectivity index (χ2v) is 9.65. The van der Waals surface area contributed by atoms with E-state index in [1.54, 1.807) is 18.2 Å². The summed E-state index contributed by atoms with van der Waals surface area (Å²) < 4.78 is 54.2. The van der Waals surface area contributed by atoms with Crippen LogP contribution in [0, 0.1) is 16.4 Å². The fourth-order valence-corrected chi connectivity index (χ4v) is 4.07. The van der Waals surface area contributed by atoms with Crippen LogP contribution < -0.4 is 15.4 Å². The van der Waals surface area contributed by atoms with Crippen LogP contribution in [0.3, 0.4) is 0 Å². The summed E-state index contributed by atoms with van der Waals surface area (Å²) in [6, 6.07) is 9.42. The molecule has 0 saturated carbocycles. The molecule has 2 aromatic carbocycles. The lowest BCUT2D eigenvalue weighted by Gasteiger charge is -2.13. The molecule has 162 valence electrons. The molecular formula is C21H21F2N5O2S. The average molecular weight is 445 g/mol. The van der Waals surface area contributed by atoms with E-state index in [4.69, 9.17) is 9.52 Å². The van der Waals surface area contributed by atoms with Crippen molar-refractivity contribution in [2.75, 3.05) is 30.0 Å². The van der Waals surface area contributed by atoms with Crippen LogP contribution in [0.25, 0.3) is 11.3 Å². The van der Waals surface area contributed by atoms with Crippen LogP contribution in [0.1, 0.15) is 12.0 Å². The molecule has 0 unspecified atom stereocenters. The molecule has 0 aliphatic carbocycles. The fraction of sp³-hybridized carbons (Fsp3) is 0.238. The van der Waals surface area contributed by atoms with Gasteiger partial charge in [-0.25, -0.2) is 23.0 Å². The summed E-state index contributed by atoms with van der Waals surface area (Å²) in [6.45, 7) is 0.802. The largest absolute Gasteiger partial charge is 0.493 e. The Morgan fingerprint density at radius 1 is 1.19 bits per heavy atom. The monoisotopic (exact) mass is 445 g/mol. The molecule has 3 N–H and O–H groups in total. The molecule has 0 fully saturated rings. The van der Waals surface area contributed by atoms with Crippen molar-refractivity contribution in [2.24, 2.45) is 0 Å². The van der Waals surface area contributed by atoms with Crippen molar-refractivity contribution in [2.45, 2.75) is 12.2 Å². The molecule has 2 heterocycles. The minimum Gasteiger partial charge on any atom is -0.493 e. The van der Waals surface area contributed by atoms with E-state index in [9.17, 15) is 13.0 Å². The standard InChI is InChI=1S/C21H21F2N5O2S/c1-31(24,29)12-13-7-15-10-16(8-13)30-6-2-5-25-19-9-14(3-4-17(19)22)20-18(23)11-26-21(27-15)28-20/h3-4,7-11,24-25H,2,5-6,12H2,1H3,(H,26,27,28)/t31-/m1/s1. The third-order valence-corrected chi connectivity index (χ3v) is 5.44. The zero-order valence-corrected chi connectivity index (χ0v) is 17.6. The molecule has 1 aliphatic rings. The van der Waals surface area contributed by atoms with Crippen molar-refractivity contribution in [3.63, 3.8) is 0 Å². The predicted octanol–water partition coefficient (Wildman–Crippen LogP) is 4.54. The Morgan fingerprint density at radius 2 is 2.03 bits per heavy atom. The second kappa shape index (κ2) is 8.46. The van der Waals surface area contributed by atoms with E-state index in [0.29, 0.717) is 42.1 Å². The van der Waals surface area contributed by atoms with Gasteiger partial charge in [-0.1, -0.05) is 0 Å². The lowest BCUT2D eigenvalue weighted by atomic mass is 10.1. The number of halogens is 2. The lowest BCUT2D eigenvalue weighted by Crippen LogP contribution is -2.09. The Kier molecular flexibility index (Phi) is 5.73. The van der Waals surface area contributed by atoms with Gasteiger partial charge in [0.2, 0.25) is 5.95 Å². The van der Waals surface area contributed by atoms with Crippen molar-refractivity contribution >= 4 is 27.1 Å². The number of hydrogen-bond donors (Lipinski definition) is 3. The topological polar surface area (TPSA) is 100.0 Å². The third-order valence-electron chi connectivity index (χ3n) is 4.55. The number of hydrogen-bond acceptors (Lipinski definition) is 7. The first-order chi connectivity index (χ1) is 14.8. The quantitative estimate of drug-likeness (QED) is 0.536. The first kappa shape index (κ1) is 21.0. The molecule has 6 bridgehead atoms. The van der Waals surface area contributed by atoms with Crippen LogP contribution >= 0.6 is 0 Å². The number of nitrogens with one attached hydrogen (secondary N) is 3. The van der Waals surface area contributed by atoms with Gasteiger partial charge in [0.25, 0.3) is 0 Å². The SMILES string of the molecule is C[S@@](=N)(=O)Cc1cc2cc(c1)OCCCNc1cc(ccc1F)-c1nc(ncc1F)N2. The molecule has 1 atom stereocenters. The molecule has 0 saturated heterocycles. The Labute approximate surface area is 178 Å². The molecule has 0 spiro atoms. The van der Waals surface area contributed by atoms with Crippen molar-refractivity contribution in [3.05, 3.63) is 59.8 Å². The minimum absolute atomic E-state index is 0.0331. The van der Waals surface area contributed by atoms with Gasteiger partial charge in [-0.05, 0) is 42.3 Å². The highest BCUT2D eigenvalue weighted by molar-refractivity contribution is 7.90. The smallest absolute Gasteiger partial charge is 0.227 e. The van der Waals surface area contributed by atoms with Gasteiger partial charge in [0.1, 0.15) is 17.3 Å². The van der Waals surface area contributed by atoms with Crippen LogP contribution in [0.2, 0.25) is 0 Å². The molecule has 0 radical (unpaired) electrons. The molecule has 3 aromatic rings. The highest BCUT2D eigenvalue weighted by atomic mass is 32.2. The summed E-state index contributed by atoms with van der Waals surface area (Å²) in [7, 11) is -2.77. The summed E-state index contributed by atoms with van der Waals surface area (Å²) >= 11 is 0. The average Bonchev–Trinajstić information content (AvgIpc) is 2.69. The molecule has 7 nitrogen and oxygen atoms in total. The maximum atomic E-state index is 14.5. The first-order valence-corrected chi connectivity index (χ1v) is 11.7. The van der Waals surface area contributed by atoms with Gasteiger partial charge in [0.05, 0.1) is 24.2 Å². The predicted molar refractivity (Wildman–Crippen MR) is 116 cm³/mol. The van der Waals surface area contributed by atoms with Crippen molar-refractivity contribution in [1.29, 1.82) is 4.78 Å². The van der Waals surface area contributed by atoms with Gasteiger partial charge in [0, 0.05) is 39.8 Å². The van der Waals surface area contributed by atoms with Gasteiger partial charge in [-0.3, -0.25) is 4.78 Å². The summed E-state index contributed by atoms with van der Waals surface area (Å²) in [5.74, 6) is -0.369. The van der Waals surface area contributed by atoms with Gasteiger partial charge in [0.15, 0.2) is 5.82 Å². The van der Waals surface area contributed by atoms with E-state index in [-0.39, 0.29) is 23.1 Å².